The molecule has 0 fully saturated rings. The number of thiophene rings is 1. The van der Waals surface area contributed by atoms with Crippen molar-refractivity contribution in [3.63, 3.8) is 0 Å². The van der Waals surface area contributed by atoms with E-state index in [2.05, 4.69) is 5.32 Å². The molecule has 10 heteroatoms. The van der Waals surface area contributed by atoms with Crippen molar-refractivity contribution >= 4 is 54.9 Å². The summed E-state index contributed by atoms with van der Waals surface area (Å²) in [5.41, 5.74) is 6.85. The van der Waals surface area contributed by atoms with Crippen LogP contribution in [0.25, 0.3) is 0 Å². The molecule has 0 saturated heterocycles. The van der Waals surface area contributed by atoms with Gasteiger partial charge in [-0.3, -0.25) is 4.79 Å². The lowest BCUT2D eigenvalue weighted by molar-refractivity contribution is 0.104. The standard InChI is InChI=1S/C24H18ClFN2O4S2/c1-32-18-10-12-19(13-11-18)34(30,31)23-20(27)22(21(29)14-2-4-15(25)5-3-14)33-24(23)28-17-8-6-16(26)7-9-17/h2-13,28H,27H2,1H3. The van der Waals surface area contributed by atoms with E-state index in [1.807, 2.05) is 0 Å². The average molecular weight is 517 g/mol. The first-order valence-electron chi connectivity index (χ1n) is 9.85. The summed E-state index contributed by atoms with van der Waals surface area (Å²) in [5, 5.41) is 3.56. The first-order valence-corrected chi connectivity index (χ1v) is 12.5. The molecule has 1 aromatic heterocycles. The maximum Gasteiger partial charge on any atom is 0.211 e. The van der Waals surface area contributed by atoms with Gasteiger partial charge in [-0.25, -0.2) is 12.8 Å². The van der Waals surface area contributed by atoms with Crippen LogP contribution in [0.2, 0.25) is 5.02 Å². The Kier molecular flexibility index (Phi) is 6.60. The summed E-state index contributed by atoms with van der Waals surface area (Å²) < 4.78 is 45.7. The van der Waals surface area contributed by atoms with E-state index in [4.69, 9.17) is 22.1 Å². The summed E-state index contributed by atoms with van der Waals surface area (Å²) in [4.78, 5) is 13.0. The zero-order valence-corrected chi connectivity index (χ0v) is 20.1. The molecule has 0 spiro atoms. The summed E-state index contributed by atoms with van der Waals surface area (Å²) in [7, 11) is -2.66. The predicted octanol–water partition coefficient (Wildman–Crippen LogP) is 5.94. The number of rotatable bonds is 7. The van der Waals surface area contributed by atoms with Crippen LogP contribution >= 0.6 is 22.9 Å². The van der Waals surface area contributed by atoms with Crippen LogP contribution in [0.4, 0.5) is 20.8 Å². The van der Waals surface area contributed by atoms with Crippen LogP contribution < -0.4 is 15.8 Å². The van der Waals surface area contributed by atoms with E-state index in [-0.39, 0.29) is 25.4 Å². The largest absolute Gasteiger partial charge is 0.497 e. The molecule has 1 heterocycles. The lowest BCUT2D eigenvalue weighted by Crippen LogP contribution is -2.08. The second kappa shape index (κ2) is 9.46. The fourth-order valence-electron chi connectivity index (χ4n) is 3.22. The van der Waals surface area contributed by atoms with E-state index in [0.29, 0.717) is 22.0 Å². The van der Waals surface area contributed by atoms with E-state index in [9.17, 15) is 17.6 Å². The average Bonchev–Trinajstić information content (AvgIpc) is 3.16. The number of methoxy groups -OCH3 is 1. The number of benzene rings is 3. The monoisotopic (exact) mass is 516 g/mol. The van der Waals surface area contributed by atoms with Crippen LogP contribution in [0.5, 0.6) is 5.75 Å². The minimum atomic E-state index is -4.14. The Hall–Kier alpha value is -3.40. The van der Waals surface area contributed by atoms with Gasteiger partial charge in [0.15, 0.2) is 0 Å². The highest BCUT2D eigenvalue weighted by molar-refractivity contribution is 7.92. The molecule has 0 aliphatic heterocycles. The Morgan fingerprint density at radius 2 is 1.62 bits per heavy atom. The first kappa shape index (κ1) is 23.7. The van der Waals surface area contributed by atoms with Crippen LogP contribution in [-0.4, -0.2) is 21.3 Å². The first-order chi connectivity index (χ1) is 16.2. The molecule has 0 aliphatic carbocycles. The summed E-state index contributed by atoms with van der Waals surface area (Å²) in [6.07, 6.45) is 0. The molecule has 0 bridgehead atoms. The highest BCUT2D eigenvalue weighted by Gasteiger charge is 2.31. The number of nitrogens with one attached hydrogen (secondary N) is 1. The Bertz CT molecular complexity index is 1450. The summed E-state index contributed by atoms with van der Waals surface area (Å²) in [6, 6.07) is 17.4. The third kappa shape index (κ3) is 4.63. The van der Waals surface area contributed by atoms with Gasteiger partial charge in [-0.1, -0.05) is 11.6 Å². The number of hydrogen-bond acceptors (Lipinski definition) is 7. The third-order valence-electron chi connectivity index (χ3n) is 4.95. The van der Waals surface area contributed by atoms with E-state index in [1.54, 1.807) is 12.1 Å². The van der Waals surface area contributed by atoms with Crippen LogP contribution in [0.1, 0.15) is 15.2 Å². The molecule has 3 aromatic carbocycles. The van der Waals surface area contributed by atoms with Crippen molar-refractivity contribution in [2.24, 2.45) is 0 Å². The quantitative estimate of drug-likeness (QED) is 0.295. The Balaban J connectivity index is 1.86. The number of halogens is 2. The van der Waals surface area contributed by atoms with E-state index in [1.165, 1.54) is 67.8 Å². The van der Waals surface area contributed by atoms with E-state index in [0.717, 1.165) is 11.3 Å². The maximum atomic E-state index is 13.6. The Labute approximate surface area is 204 Å². The topological polar surface area (TPSA) is 98.5 Å². The second-order valence-corrected chi connectivity index (χ2v) is 10.5. The van der Waals surface area contributed by atoms with Crippen molar-refractivity contribution < 1.29 is 22.3 Å². The van der Waals surface area contributed by atoms with Crippen molar-refractivity contribution in [2.45, 2.75) is 9.79 Å². The maximum absolute atomic E-state index is 13.6. The number of ether oxygens (including phenoxy) is 1. The molecule has 4 aromatic rings. The highest BCUT2D eigenvalue weighted by atomic mass is 35.5. The van der Waals surface area contributed by atoms with Crippen molar-refractivity contribution in [3.8, 4) is 5.75 Å². The molecule has 0 amide bonds. The minimum absolute atomic E-state index is 0.0227. The van der Waals surface area contributed by atoms with Gasteiger partial charge < -0.3 is 15.8 Å². The molecule has 6 nitrogen and oxygen atoms in total. The summed E-state index contributed by atoms with van der Waals surface area (Å²) >= 11 is 6.82. The SMILES string of the molecule is COc1ccc(S(=O)(=O)c2c(Nc3ccc(F)cc3)sc(C(=O)c3ccc(Cl)cc3)c2N)cc1. The zero-order valence-electron chi connectivity index (χ0n) is 17.7. The van der Waals surface area contributed by atoms with Gasteiger partial charge in [0.1, 0.15) is 26.3 Å². The fraction of sp³-hybridized carbons (Fsp3) is 0.0417. The fourth-order valence-corrected chi connectivity index (χ4v) is 6.28. The van der Waals surface area contributed by atoms with Crippen molar-refractivity contribution in [1.29, 1.82) is 0 Å². The molecule has 174 valence electrons. The number of sulfone groups is 1. The highest BCUT2D eigenvalue weighted by Crippen LogP contribution is 2.44. The van der Waals surface area contributed by atoms with Gasteiger partial charge >= 0.3 is 0 Å². The van der Waals surface area contributed by atoms with Gasteiger partial charge in [-0.2, -0.15) is 0 Å². The summed E-state index contributed by atoms with van der Waals surface area (Å²) in [6.45, 7) is 0. The minimum Gasteiger partial charge on any atom is -0.497 e. The predicted molar refractivity (Wildman–Crippen MR) is 132 cm³/mol. The third-order valence-corrected chi connectivity index (χ3v) is 8.31. The van der Waals surface area contributed by atoms with Crippen LogP contribution in [-0.2, 0) is 9.84 Å². The van der Waals surface area contributed by atoms with Crippen LogP contribution in [0.3, 0.4) is 0 Å². The number of ketones is 1. The smallest absolute Gasteiger partial charge is 0.211 e. The molecule has 34 heavy (non-hydrogen) atoms. The molecule has 0 unspecified atom stereocenters. The van der Waals surface area contributed by atoms with Gasteiger partial charge in [-0.05, 0) is 72.8 Å². The number of hydrogen-bond donors (Lipinski definition) is 2. The van der Waals surface area contributed by atoms with Gasteiger partial charge in [0.05, 0.1) is 17.7 Å². The molecule has 0 aliphatic rings. The summed E-state index contributed by atoms with van der Waals surface area (Å²) in [5.74, 6) is -0.404. The number of carbonyl (C=O) groups is 1. The van der Waals surface area contributed by atoms with Crippen molar-refractivity contribution in [1.82, 2.24) is 0 Å². The van der Waals surface area contributed by atoms with E-state index >= 15 is 0 Å². The number of nitrogen functional groups attached to an aromatic ring is 1. The van der Waals surface area contributed by atoms with Gasteiger partial charge in [0.2, 0.25) is 15.6 Å². The molecule has 4 rings (SSSR count). The van der Waals surface area contributed by atoms with Gasteiger partial charge in [0.25, 0.3) is 0 Å². The molecule has 3 N–H and O–H groups in total. The Morgan fingerprint density at radius 1 is 1.00 bits per heavy atom. The Morgan fingerprint density at radius 3 is 2.21 bits per heavy atom. The zero-order chi connectivity index (χ0) is 24.5. The molecule has 0 radical (unpaired) electrons. The van der Waals surface area contributed by atoms with Crippen LogP contribution in [0, 0.1) is 5.82 Å². The molecule has 0 atom stereocenters. The lowest BCUT2D eigenvalue weighted by Gasteiger charge is -2.10. The second-order valence-electron chi connectivity index (χ2n) is 7.15. The van der Waals surface area contributed by atoms with Crippen molar-refractivity contribution in [2.75, 3.05) is 18.2 Å². The number of nitrogens with two attached hydrogens (primary N) is 1. The van der Waals surface area contributed by atoms with Crippen molar-refractivity contribution in [3.05, 3.63) is 94.1 Å². The molecule has 0 saturated carbocycles. The molecular formula is C24H18ClFN2O4S2. The number of anilines is 3. The van der Waals surface area contributed by atoms with Crippen LogP contribution in [0.15, 0.2) is 82.6 Å². The normalized spacial score (nSPS) is 11.3. The number of carbonyl (C=O) groups excluding carboxylic acids is 1. The van der Waals surface area contributed by atoms with Gasteiger partial charge in [-0.15, -0.1) is 11.3 Å². The molecular weight excluding hydrogens is 499 g/mol. The van der Waals surface area contributed by atoms with Gasteiger partial charge in [0, 0.05) is 16.3 Å². The lowest BCUT2D eigenvalue weighted by atomic mass is 10.1. The van der Waals surface area contributed by atoms with E-state index < -0.39 is 21.4 Å².